The molecule has 0 saturated carbocycles. The van der Waals surface area contributed by atoms with E-state index in [-0.39, 0.29) is 5.57 Å². The number of thiazole rings is 1. The summed E-state index contributed by atoms with van der Waals surface area (Å²) in [6.07, 6.45) is 1.56. The van der Waals surface area contributed by atoms with Crippen molar-refractivity contribution in [2.75, 3.05) is 5.32 Å². The molecular weight excluding hydrogens is 326 g/mol. The van der Waals surface area contributed by atoms with Crippen LogP contribution >= 0.6 is 22.7 Å². The highest BCUT2D eigenvalue weighted by Crippen LogP contribution is 2.28. The third kappa shape index (κ3) is 3.72. The van der Waals surface area contributed by atoms with Gasteiger partial charge in [0.25, 0.3) is 5.91 Å². The second kappa shape index (κ2) is 7.01. The molecule has 0 bridgehead atoms. The minimum Gasteiger partial charge on any atom is -0.297 e. The Morgan fingerprint density at radius 2 is 2.00 bits per heavy atom. The maximum Gasteiger partial charge on any atom is 0.268 e. The Balaban J connectivity index is 1.76. The number of hydrogen-bond donors (Lipinski definition) is 1. The second-order valence-electron chi connectivity index (χ2n) is 4.55. The quantitative estimate of drug-likeness (QED) is 0.566. The molecule has 3 aromatic rings. The zero-order chi connectivity index (χ0) is 16.1. The summed E-state index contributed by atoms with van der Waals surface area (Å²) in [5.41, 5.74) is 1.67. The molecule has 6 heteroatoms. The van der Waals surface area contributed by atoms with Crippen molar-refractivity contribution >= 4 is 39.8 Å². The lowest BCUT2D eigenvalue weighted by molar-refractivity contribution is -0.112. The number of aromatic nitrogens is 1. The zero-order valence-electron chi connectivity index (χ0n) is 11.9. The molecule has 0 fully saturated rings. The smallest absolute Gasteiger partial charge is 0.268 e. The van der Waals surface area contributed by atoms with Gasteiger partial charge in [0.05, 0.1) is 10.6 Å². The molecule has 23 heavy (non-hydrogen) atoms. The molecule has 0 aliphatic rings. The fourth-order valence-electron chi connectivity index (χ4n) is 1.90. The molecular formula is C17H11N3OS2. The Labute approximate surface area is 141 Å². The van der Waals surface area contributed by atoms with Crippen molar-refractivity contribution in [2.45, 2.75) is 0 Å². The van der Waals surface area contributed by atoms with E-state index >= 15 is 0 Å². The van der Waals surface area contributed by atoms with Crippen LogP contribution in [0.5, 0.6) is 0 Å². The first-order chi connectivity index (χ1) is 11.3. The zero-order valence-corrected chi connectivity index (χ0v) is 13.5. The predicted octanol–water partition coefficient (Wildman–Crippen LogP) is 4.42. The van der Waals surface area contributed by atoms with E-state index < -0.39 is 5.91 Å². The van der Waals surface area contributed by atoms with E-state index in [9.17, 15) is 10.1 Å². The van der Waals surface area contributed by atoms with Gasteiger partial charge in [0, 0.05) is 5.38 Å². The lowest BCUT2D eigenvalue weighted by atomic mass is 10.1. The summed E-state index contributed by atoms with van der Waals surface area (Å²) in [5.74, 6) is -0.455. The lowest BCUT2D eigenvalue weighted by Crippen LogP contribution is -2.13. The molecule has 0 spiro atoms. The van der Waals surface area contributed by atoms with Crippen LogP contribution in [0.2, 0.25) is 0 Å². The van der Waals surface area contributed by atoms with Crippen LogP contribution in [0, 0.1) is 11.3 Å². The Morgan fingerprint density at radius 1 is 1.17 bits per heavy atom. The summed E-state index contributed by atoms with van der Waals surface area (Å²) < 4.78 is 0. The number of rotatable bonds is 4. The van der Waals surface area contributed by atoms with Crippen LogP contribution in [0.25, 0.3) is 16.6 Å². The van der Waals surface area contributed by atoms with E-state index in [1.54, 1.807) is 17.4 Å². The lowest BCUT2D eigenvalue weighted by Gasteiger charge is -2.00. The molecule has 0 atom stereocenters. The number of nitriles is 1. The van der Waals surface area contributed by atoms with Gasteiger partial charge in [-0.3, -0.25) is 10.1 Å². The number of anilines is 1. The topological polar surface area (TPSA) is 65.8 Å². The second-order valence-corrected chi connectivity index (χ2v) is 6.36. The van der Waals surface area contributed by atoms with Gasteiger partial charge in [-0.2, -0.15) is 5.26 Å². The number of carbonyl (C=O) groups is 1. The van der Waals surface area contributed by atoms with E-state index in [0.717, 1.165) is 16.1 Å². The first-order valence-electron chi connectivity index (χ1n) is 6.74. The summed E-state index contributed by atoms with van der Waals surface area (Å²) in [5, 5.41) is 16.2. The molecule has 1 aromatic carbocycles. The van der Waals surface area contributed by atoms with Gasteiger partial charge in [0.1, 0.15) is 11.6 Å². The van der Waals surface area contributed by atoms with Crippen LogP contribution in [0.15, 0.2) is 58.8 Å². The highest BCUT2D eigenvalue weighted by atomic mass is 32.1. The van der Waals surface area contributed by atoms with Gasteiger partial charge in [-0.1, -0.05) is 36.4 Å². The Hall–Kier alpha value is -2.75. The first-order valence-corrected chi connectivity index (χ1v) is 8.50. The van der Waals surface area contributed by atoms with Crippen LogP contribution in [-0.4, -0.2) is 10.9 Å². The molecule has 2 aromatic heterocycles. The molecule has 112 valence electrons. The maximum absolute atomic E-state index is 12.2. The first kappa shape index (κ1) is 15.2. The maximum atomic E-state index is 12.2. The van der Waals surface area contributed by atoms with Crippen molar-refractivity contribution in [3.63, 3.8) is 0 Å². The molecule has 1 amide bonds. The van der Waals surface area contributed by atoms with Crippen LogP contribution in [0.4, 0.5) is 5.13 Å². The van der Waals surface area contributed by atoms with Gasteiger partial charge in [-0.15, -0.1) is 22.7 Å². The third-order valence-corrected chi connectivity index (χ3v) is 4.62. The number of hydrogen-bond acceptors (Lipinski definition) is 5. The molecule has 0 aliphatic heterocycles. The van der Waals surface area contributed by atoms with Gasteiger partial charge in [-0.25, -0.2) is 4.98 Å². The van der Waals surface area contributed by atoms with Crippen molar-refractivity contribution in [2.24, 2.45) is 0 Å². The van der Waals surface area contributed by atoms with E-state index in [2.05, 4.69) is 10.3 Å². The van der Waals surface area contributed by atoms with E-state index in [0.29, 0.717) is 5.13 Å². The van der Waals surface area contributed by atoms with E-state index in [4.69, 9.17) is 0 Å². The number of amides is 1. The van der Waals surface area contributed by atoms with Crippen LogP contribution in [0.3, 0.4) is 0 Å². The summed E-state index contributed by atoms with van der Waals surface area (Å²) in [4.78, 5) is 17.6. The van der Waals surface area contributed by atoms with E-state index in [1.165, 1.54) is 11.3 Å². The normalized spacial score (nSPS) is 11.0. The van der Waals surface area contributed by atoms with Crippen molar-refractivity contribution in [1.82, 2.24) is 4.98 Å². The Bertz CT molecular complexity index is 874. The molecule has 4 nitrogen and oxygen atoms in total. The molecule has 1 N–H and O–H groups in total. The highest BCUT2D eigenvalue weighted by Gasteiger charge is 2.12. The van der Waals surface area contributed by atoms with Crippen LogP contribution in [-0.2, 0) is 4.79 Å². The van der Waals surface area contributed by atoms with Crippen LogP contribution in [0.1, 0.15) is 5.56 Å². The number of thiophene rings is 1. The summed E-state index contributed by atoms with van der Waals surface area (Å²) in [6, 6.07) is 15.1. The van der Waals surface area contributed by atoms with Crippen molar-refractivity contribution in [3.05, 3.63) is 64.4 Å². The minimum atomic E-state index is -0.455. The number of nitrogens with one attached hydrogen (secondary N) is 1. The standard InChI is InChI=1S/C17H11N3OS2/c18-10-13(9-12-5-2-1-3-6-12)16(21)20-17-19-14(11-23-17)15-7-4-8-22-15/h1-9,11H,(H,19,20,21)/b13-9+. The number of carbonyl (C=O) groups excluding carboxylic acids is 1. The number of nitrogens with zero attached hydrogens (tertiary/aromatic N) is 2. The van der Waals surface area contributed by atoms with Gasteiger partial charge < -0.3 is 0 Å². The molecule has 3 rings (SSSR count). The molecule has 0 aliphatic carbocycles. The van der Waals surface area contributed by atoms with Gasteiger partial charge in [-0.05, 0) is 23.1 Å². The summed E-state index contributed by atoms with van der Waals surface area (Å²) >= 11 is 2.93. The highest BCUT2D eigenvalue weighted by molar-refractivity contribution is 7.16. The predicted molar refractivity (Wildman–Crippen MR) is 94.1 cm³/mol. The monoisotopic (exact) mass is 337 g/mol. The fraction of sp³-hybridized carbons (Fsp3) is 0. The average Bonchev–Trinajstić information content (AvgIpc) is 3.24. The Kier molecular flexibility index (Phi) is 4.62. The average molecular weight is 337 g/mol. The van der Waals surface area contributed by atoms with Gasteiger partial charge in [0.15, 0.2) is 5.13 Å². The third-order valence-electron chi connectivity index (χ3n) is 2.97. The minimum absolute atomic E-state index is 0.0454. The molecule has 0 radical (unpaired) electrons. The van der Waals surface area contributed by atoms with Crippen LogP contribution < -0.4 is 5.32 Å². The van der Waals surface area contributed by atoms with E-state index in [1.807, 2.05) is 59.3 Å². The summed E-state index contributed by atoms with van der Waals surface area (Å²) in [7, 11) is 0. The van der Waals surface area contributed by atoms with Crippen molar-refractivity contribution < 1.29 is 4.79 Å². The SMILES string of the molecule is N#C/C(=C\c1ccccc1)C(=O)Nc1nc(-c2cccs2)cs1. The largest absolute Gasteiger partial charge is 0.297 e. The van der Waals surface area contributed by atoms with Gasteiger partial charge in [0.2, 0.25) is 0 Å². The van der Waals surface area contributed by atoms with Crippen molar-refractivity contribution in [1.29, 1.82) is 5.26 Å². The summed E-state index contributed by atoms with van der Waals surface area (Å²) in [6.45, 7) is 0. The fourth-order valence-corrected chi connectivity index (χ4v) is 3.36. The molecule has 2 heterocycles. The van der Waals surface area contributed by atoms with Gasteiger partial charge >= 0.3 is 0 Å². The van der Waals surface area contributed by atoms with Crippen molar-refractivity contribution in [3.8, 4) is 16.6 Å². The molecule has 0 unspecified atom stereocenters. The molecule has 0 saturated heterocycles. The number of benzene rings is 1. The Morgan fingerprint density at radius 3 is 2.70 bits per heavy atom.